The summed E-state index contributed by atoms with van der Waals surface area (Å²) in [6, 6.07) is 4.45. The largest absolute Gasteiger partial charge is 0.493 e. The third-order valence-corrected chi connectivity index (χ3v) is 6.42. The van der Waals surface area contributed by atoms with Crippen LogP contribution in [0.5, 0.6) is 5.75 Å². The number of amidine groups is 1. The van der Waals surface area contributed by atoms with Gasteiger partial charge in [-0.1, -0.05) is 6.58 Å². The highest BCUT2D eigenvalue weighted by Gasteiger charge is 2.39. The van der Waals surface area contributed by atoms with Crippen LogP contribution in [0, 0.1) is 10.1 Å². The Morgan fingerprint density at radius 3 is 2.77 bits per heavy atom. The molecular formula is C18H23N5O6S. The topological polar surface area (TPSA) is 149 Å². The Morgan fingerprint density at radius 1 is 1.47 bits per heavy atom. The van der Waals surface area contributed by atoms with E-state index in [0.29, 0.717) is 35.1 Å². The van der Waals surface area contributed by atoms with Gasteiger partial charge in [0.2, 0.25) is 10.0 Å². The molecule has 0 bridgehead atoms. The fourth-order valence-corrected chi connectivity index (χ4v) is 4.62. The summed E-state index contributed by atoms with van der Waals surface area (Å²) in [4.78, 5) is 19.2. The maximum Gasteiger partial charge on any atom is 0.294 e. The zero-order valence-electron chi connectivity index (χ0n) is 16.6. The molecule has 11 nitrogen and oxygen atoms in total. The van der Waals surface area contributed by atoms with Gasteiger partial charge in [-0.2, -0.15) is 4.31 Å². The molecule has 0 saturated carbocycles. The van der Waals surface area contributed by atoms with E-state index in [1.807, 2.05) is 6.92 Å². The molecule has 162 valence electrons. The van der Waals surface area contributed by atoms with Gasteiger partial charge in [-0.05, 0) is 37.6 Å². The van der Waals surface area contributed by atoms with Gasteiger partial charge in [-0.3, -0.25) is 4.99 Å². The summed E-state index contributed by atoms with van der Waals surface area (Å²) in [5.74, 6) is 0.878. The summed E-state index contributed by atoms with van der Waals surface area (Å²) in [7, 11) is -3.87. The van der Waals surface area contributed by atoms with Crippen LogP contribution in [0.1, 0.15) is 19.4 Å². The summed E-state index contributed by atoms with van der Waals surface area (Å²) in [6.45, 7) is 7.94. The van der Waals surface area contributed by atoms with Crippen molar-refractivity contribution in [1.82, 2.24) is 9.62 Å². The van der Waals surface area contributed by atoms with Crippen molar-refractivity contribution >= 4 is 15.9 Å². The SMILES string of the molecule is C=C(C)C1=C(N)CN=C(c2cc(S(=O)(=O)N3CC(O[N+](=O)[O-])C3)ccc2OCC)N1. The minimum absolute atomic E-state index is 0.0180. The van der Waals surface area contributed by atoms with Gasteiger partial charge in [0.05, 0.1) is 35.0 Å². The first-order valence-corrected chi connectivity index (χ1v) is 10.6. The lowest BCUT2D eigenvalue weighted by Crippen LogP contribution is -2.55. The predicted molar refractivity (Wildman–Crippen MR) is 109 cm³/mol. The van der Waals surface area contributed by atoms with Gasteiger partial charge in [-0.15, -0.1) is 10.1 Å². The summed E-state index contributed by atoms with van der Waals surface area (Å²) in [5, 5.41) is 12.6. The van der Waals surface area contributed by atoms with Crippen molar-refractivity contribution in [3.8, 4) is 5.75 Å². The molecule has 2 heterocycles. The first-order valence-electron chi connectivity index (χ1n) is 9.18. The van der Waals surface area contributed by atoms with Crippen LogP contribution in [0.3, 0.4) is 0 Å². The molecule has 1 fully saturated rings. The van der Waals surface area contributed by atoms with Gasteiger partial charge in [-0.25, -0.2) is 8.42 Å². The molecule has 3 rings (SSSR count). The van der Waals surface area contributed by atoms with Crippen molar-refractivity contribution in [2.45, 2.75) is 24.8 Å². The molecule has 0 atom stereocenters. The highest BCUT2D eigenvalue weighted by Crippen LogP contribution is 2.29. The Kier molecular flexibility index (Phi) is 5.99. The van der Waals surface area contributed by atoms with E-state index < -0.39 is 21.2 Å². The van der Waals surface area contributed by atoms with Crippen LogP contribution in [0.2, 0.25) is 0 Å². The van der Waals surface area contributed by atoms with Crippen molar-refractivity contribution in [2.75, 3.05) is 26.2 Å². The van der Waals surface area contributed by atoms with Crippen LogP contribution in [0.25, 0.3) is 0 Å². The number of nitrogens with zero attached hydrogens (tertiary/aromatic N) is 3. The highest BCUT2D eigenvalue weighted by molar-refractivity contribution is 7.89. The van der Waals surface area contributed by atoms with Gasteiger partial charge < -0.3 is 20.6 Å². The minimum atomic E-state index is -3.87. The first kappa shape index (κ1) is 21.6. The molecular weight excluding hydrogens is 414 g/mol. The van der Waals surface area contributed by atoms with Crippen LogP contribution >= 0.6 is 0 Å². The second-order valence-electron chi connectivity index (χ2n) is 6.83. The van der Waals surface area contributed by atoms with E-state index in [2.05, 4.69) is 21.7 Å². The summed E-state index contributed by atoms with van der Waals surface area (Å²) in [5.41, 5.74) is 8.34. The molecule has 0 amide bonds. The number of rotatable bonds is 8. The van der Waals surface area contributed by atoms with E-state index in [0.717, 1.165) is 9.88 Å². The standard InChI is InChI=1S/C18H23N5O6S/c1-4-28-16-6-5-13(30(26,27)22-9-12(10-22)29-23(24)25)7-14(16)18-20-8-15(19)17(21-18)11(2)3/h5-7,12H,2,4,8-10,19H2,1,3H3,(H,20,21). The molecule has 2 aliphatic rings. The van der Waals surface area contributed by atoms with Crippen molar-refractivity contribution in [3.63, 3.8) is 0 Å². The number of ether oxygens (including phenoxy) is 1. The van der Waals surface area contributed by atoms with Crippen LogP contribution in [-0.4, -0.2) is 56.0 Å². The fraction of sp³-hybridized carbons (Fsp3) is 0.389. The Hall–Kier alpha value is -3.12. The number of nitrogens with two attached hydrogens (primary N) is 1. The van der Waals surface area contributed by atoms with E-state index in [-0.39, 0.29) is 24.5 Å². The fourth-order valence-electron chi connectivity index (χ4n) is 3.09. The van der Waals surface area contributed by atoms with Crippen molar-refractivity contribution in [1.29, 1.82) is 0 Å². The number of nitrogens with one attached hydrogen (secondary N) is 1. The molecule has 0 spiro atoms. The van der Waals surface area contributed by atoms with E-state index in [1.54, 1.807) is 13.0 Å². The van der Waals surface area contributed by atoms with Crippen molar-refractivity contribution in [2.24, 2.45) is 10.7 Å². The van der Waals surface area contributed by atoms with Gasteiger partial charge in [0, 0.05) is 13.1 Å². The first-order chi connectivity index (χ1) is 14.1. The molecule has 0 aromatic heterocycles. The number of benzene rings is 1. The average molecular weight is 437 g/mol. The lowest BCUT2D eigenvalue weighted by atomic mass is 10.1. The number of allylic oxidation sites excluding steroid dienone is 1. The Morgan fingerprint density at radius 2 is 2.17 bits per heavy atom. The molecule has 1 aromatic rings. The zero-order chi connectivity index (χ0) is 22.1. The normalized spacial score (nSPS) is 17.6. The lowest BCUT2D eigenvalue weighted by molar-refractivity contribution is -0.771. The molecule has 1 aromatic carbocycles. The molecule has 0 unspecified atom stereocenters. The van der Waals surface area contributed by atoms with Gasteiger partial charge in [0.25, 0.3) is 5.09 Å². The van der Waals surface area contributed by atoms with E-state index in [1.165, 1.54) is 12.1 Å². The maximum absolute atomic E-state index is 12.9. The quantitative estimate of drug-likeness (QED) is 0.447. The Balaban J connectivity index is 1.91. The minimum Gasteiger partial charge on any atom is -0.493 e. The van der Waals surface area contributed by atoms with Gasteiger partial charge >= 0.3 is 0 Å². The summed E-state index contributed by atoms with van der Waals surface area (Å²) in [6.07, 6.45) is -0.771. The van der Waals surface area contributed by atoms with Crippen LogP contribution in [-0.2, 0) is 14.9 Å². The summed E-state index contributed by atoms with van der Waals surface area (Å²) >= 11 is 0. The number of aliphatic imine (C=N–C) groups is 1. The molecule has 0 radical (unpaired) electrons. The summed E-state index contributed by atoms with van der Waals surface area (Å²) < 4.78 is 32.6. The molecule has 1 saturated heterocycles. The number of sulfonamides is 1. The number of hydrogen-bond donors (Lipinski definition) is 2. The molecule has 3 N–H and O–H groups in total. The maximum atomic E-state index is 12.9. The second-order valence-corrected chi connectivity index (χ2v) is 8.77. The predicted octanol–water partition coefficient (Wildman–Crippen LogP) is 0.763. The average Bonchev–Trinajstić information content (AvgIpc) is 2.64. The zero-order valence-corrected chi connectivity index (χ0v) is 17.4. The van der Waals surface area contributed by atoms with Crippen molar-refractivity contribution in [3.05, 3.63) is 57.4 Å². The van der Waals surface area contributed by atoms with Gasteiger partial charge in [0.15, 0.2) is 0 Å². The molecule has 0 aliphatic carbocycles. The monoisotopic (exact) mass is 437 g/mol. The lowest BCUT2D eigenvalue weighted by Gasteiger charge is -2.36. The number of hydrogen-bond acceptors (Lipinski definition) is 9. The molecule has 30 heavy (non-hydrogen) atoms. The third-order valence-electron chi connectivity index (χ3n) is 4.59. The highest BCUT2D eigenvalue weighted by atomic mass is 32.2. The van der Waals surface area contributed by atoms with E-state index in [9.17, 15) is 18.5 Å². The molecule has 2 aliphatic heterocycles. The third kappa shape index (κ3) is 4.24. The van der Waals surface area contributed by atoms with E-state index >= 15 is 0 Å². The smallest absolute Gasteiger partial charge is 0.294 e. The van der Waals surface area contributed by atoms with Crippen LogP contribution in [0.4, 0.5) is 0 Å². The van der Waals surface area contributed by atoms with Crippen LogP contribution < -0.4 is 15.8 Å². The Bertz CT molecular complexity index is 1040. The van der Waals surface area contributed by atoms with Crippen LogP contribution in [0.15, 0.2) is 51.6 Å². The van der Waals surface area contributed by atoms with E-state index in [4.69, 9.17) is 10.5 Å². The second kappa shape index (κ2) is 8.32. The van der Waals surface area contributed by atoms with Gasteiger partial charge in [0.1, 0.15) is 17.7 Å². The molecule has 12 heteroatoms. The Labute approximate surface area is 174 Å². The van der Waals surface area contributed by atoms with Crippen molar-refractivity contribution < 1.29 is 23.1 Å².